The lowest BCUT2D eigenvalue weighted by Gasteiger charge is -2.47. The van der Waals surface area contributed by atoms with Crippen molar-refractivity contribution in [1.82, 2.24) is 9.80 Å². The van der Waals surface area contributed by atoms with Gasteiger partial charge in [0.05, 0.1) is 6.04 Å². The van der Waals surface area contributed by atoms with E-state index in [4.69, 9.17) is 0 Å². The number of aromatic hydroxyl groups is 1. The largest absolute Gasteiger partial charge is 0.508 e. The zero-order valence-electron chi connectivity index (χ0n) is 16.3. The average Bonchev–Trinajstić information content (AvgIpc) is 3.13. The van der Waals surface area contributed by atoms with Gasteiger partial charge in [0.25, 0.3) is 0 Å². The summed E-state index contributed by atoms with van der Waals surface area (Å²) in [6, 6.07) is 11.3. The van der Waals surface area contributed by atoms with Crippen molar-refractivity contribution in [3.63, 3.8) is 0 Å². The molecule has 0 amide bonds. The molecule has 3 atom stereocenters. The molecule has 142 valence electrons. The van der Waals surface area contributed by atoms with Crippen LogP contribution < -0.4 is 0 Å². The van der Waals surface area contributed by atoms with Crippen LogP contribution in [0, 0.1) is 0 Å². The van der Waals surface area contributed by atoms with Crippen molar-refractivity contribution < 1.29 is 5.11 Å². The van der Waals surface area contributed by atoms with E-state index in [1.807, 2.05) is 12.1 Å². The Bertz CT molecular complexity index is 673. The predicted octanol–water partition coefficient (Wildman–Crippen LogP) is 5.13. The summed E-state index contributed by atoms with van der Waals surface area (Å²) >= 11 is 1.75. The van der Waals surface area contributed by atoms with Gasteiger partial charge in [-0.1, -0.05) is 31.9 Å². The zero-order chi connectivity index (χ0) is 18.5. The van der Waals surface area contributed by atoms with Gasteiger partial charge in [-0.15, -0.1) is 0 Å². The van der Waals surface area contributed by atoms with Gasteiger partial charge in [-0.2, -0.15) is 11.3 Å². The summed E-state index contributed by atoms with van der Waals surface area (Å²) < 4.78 is 0. The Kier molecular flexibility index (Phi) is 6.74. The van der Waals surface area contributed by atoms with Crippen LogP contribution in [0.25, 0.3) is 0 Å². The highest BCUT2D eigenvalue weighted by Crippen LogP contribution is 2.35. The Labute approximate surface area is 162 Å². The van der Waals surface area contributed by atoms with Crippen molar-refractivity contribution >= 4 is 11.3 Å². The highest BCUT2D eigenvalue weighted by atomic mass is 32.1. The molecule has 1 aromatic heterocycles. The standard InChI is InChI=1S/C22H32N2OS/c1-4-5-6-11-23-14-18(3)24(15-17(23)2)22(20-10-12-26-16-20)19-8-7-9-21(25)13-19/h7-10,12-13,16-18,22,25H,4-6,11,14-15H2,1-3H3/t17-,18-,22?/m0/s1. The molecule has 0 saturated carbocycles. The predicted molar refractivity (Wildman–Crippen MR) is 111 cm³/mol. The van der Waals surface area contributed by atoms with Gasteiger partial charge < -0.3 is 5.11 Å². The monoisotopic (exact) mass is 372 g/mol. The maximum Gasteiger partial charge on any atom is 0.115 e. The maximum atomic E-state index is 10.0. The number of rotatable bonds is 7. The van der Waals surface area contributed by atoms with Gasteiger partial charge in [-0.25, -0.2) is 0 Å². The van der Waals surface area contributed by atoms with Crippen LogP contribution >= 0.6 is 11.3 Å². The quantitative estimate of drug-likeness (QED) is 0.683. The number of piperazine rings is 1. The first kappa shape index (κ1) is 19.4. The number of nitrogens with zero attached hydrogens (tertiary/aromatic N) is 2. The van der Waals surface area contributed by atoms with Gasteiger partial charge >= 0.3 is 0 Å². The fraction of sp³-hybridized carbons (Fsp3) is 0.545. The molecule has 1 saturated heterocycles. The molecule has 3 nitrogen and oxygen atoms in total. The van der Waals surface area contributed by atoms with Gasteiger partial charge in [-0.3, -0.25) is 9.80 Å². The van der Waals surface area contributed by atoms with Crippen LogP contribution in [0.4, 0.5) is 0 Å². The highest BCUT2D eigenvalue weighted by Gasteiger charge is 2.34. The zero-order valence-corrected chi connectivity index (χ0v) is 17.1. The normalized spacial score (nSPS) is 23.2. The van der Waals surface area contributed by atoms with E-state index in [0.717, 1.165) is 13.1 Å². The van der Waals surface area contributed by atoms with Crippen molar-refractivity contribution in [2.75, 3.05) is 19.6 Å². The second-order valence-electron chi connectivity index (χ2n) is 7.65. The summed E-state index contributed by atoms with van der Waals surface area (Å²) in [4.78, 5) is 5.28. The topological polar surface area (TPSA) is 26.7 Å². The van der Waals surface area contributed by atoms with E-state index in [-0.39, 0.29) is 6.04 Å². The van der Waals surface area contributed by atoms with E-state index in [2.05, 4.69) is 53.5 Å². The van der Waals surface area contributed by atoms with Crippen molar-refractivity contribution in [1.29, 1.82) is 0 Å². The summed E-state index contributed by atoms with van der Waals surface area (Å²) in [7, 11) is 0. The fourth-order valence-electron chi connectivity index (χ4n) is 4.16. The van der Waals surface area contributed by atoms with Crippen LogP contribution in [0.3, 0.4) is 0 Å². The minimum atomic E-state index is 0.212. The molecule has 1 aliphatic heterocycles. The van der Waals surface area contributed by atoms with Crippen molar-refractivity contribution in [3.8, 4) is 5.75 Å². The van der Waals surface area contributed by atoms with Crippen LogP contribution in [0.15, 0.2) is 41.1 Å². The molecule has 1 aliphatic rings. The Balaban J connectivity index is 1.81. The number of phenolic OH excluding ortho intramolecular Hbond substituents is 1. The van der Waals surface area contributed by atoms with E-state index < -0.39 is 0 Å². The maximum absolute atomic E-state index is 10.0. The third-order valence-electron chi connectivity index (χ3n) is 5.59. The van der Waals surface area contributed by atoms with Gasteiger partial charge in [0.2, 0.25) is 0 Å². The SMILES string of the molecule is CCCCCN1C[C@H](C)N(C(c2ccsc2)c2cccc(O)c2)C[C@@H]1C. The Morgan fingerprint density at radius 2 is 1.96 bits per heavy atom. The first-order valence-corrected chi connectivity index (χ1v) is 10.8. The van der Waals surface area contributed by atoms with Crippen molar-refractivity contribution in [2.45, 2.75) is 58.2 Å². The summed E-state index contributed by atoms with van der Waals surface area (Å²) in [5.74, 6) is 0.349. The van der Waals surface area contributed by atoms with E-state index in [1.165, 1.54) is 36.9 Å². The first-order valence-electron chi connectivity index (χ1n) is 9.91. The minimum Gasteiger partial charge on any atom is -0.508 e. The number of hydrogen-bond donors (Lipinski definition) is 1. The lowest BCUT2D eigenvalue weighted by Crippen LogP contribution is -2.57. The molecule has 3 rings (SSSR count). The molecular formula is C22H32N2OS. The minimum absolute atomic E-state index is 0.212. The molecule has 4 heteroatoms. The molecule has 1 N–H and O–H groups in total. The van der Waals surface area contributed by atoms with Crippen molar-refractivity contribution in [2.24, 2.45) is 0 Å². The van der Waals surface area contributed by atoms with E-state index in [0.29, 0.717) is 17.8 Å². The first-order chi connectivity index (χ1) is 12.6. The van der Waals surface area contributed by atoms with Crippen LogP contribution in [-0.4, -0.2) is 46.6 Å². The molecule has 2 heterocycles. The van der Waals surface area contributed by atoms with Crippen molar-refractivity contribution in [3.05, 3.63) is 52.2 Å². The Hall–Kier alpha value is -1.36. The molecule has 0 radical (unpaired) electrons. The average molecular weight is 373 g/mol. The molecule has 2 aromatic rings. The van der Waals surface area contributed by atoms with Crippen LogP contribution in [0.1, 0.15) is 57.2 Å². The number of benzene rings is 1. The summed E-state index contributed by atoms with van der Waals surface area (Å²) in [5, 5.41) is 14.4. The van der Waals surface area contributed by atoms with Gasteiger partial charge in [0.1, 0.15) is 5.75 Å². The molecule has 1 aromatic carbocycles. The third kappa shape index (κ3) is 4.48. The number of hydrogen-bond acceptors (Lipinski definition) is 4. The molecule has 0 spiro atoms. The van der Waals surface area contributed by atoms with Crippen LogP contribution in [0.2, 0.25) is 0 Å². The highest BCUT2D eigenvalue weighted by molar-refractivity contribution is 7.08. The number of phenols is 1. The molecular weight excluding hydrogens is 340 g/mol. The summed E-state index contributed by atoms with van der Waals surface area (Å²) in [5.41, 5.74) is 2.51. The number of unbranched alkanes of at least 4 members (excludes halogenated alkanes) is 2. The Morgan fingerprint density at radius 3 is 2.65 bits per heavy atom. The molecule has 0 bridgehead atoms. The Morgan fingerprint density at radius 1 is 1.12 bits per heavy atom. The molecule has 26 heavy (non-hydrogen) atoms. The van der Waals surface area contributed by atoms with Crippen LogP contribution in [-0.2, 0) is 0 Å². The second-order valence-corrected chi connectivity index (χ2v) is 8.43. The van der Waals surface area contributed by atoms with Gasteiger partial charge in [0, 0.05) is 25.2 Å². The van der Waals surface area contributed by atoms with Crippen LogP contribution in [0.5, 0.6) is 5.75 Å². The summed E-state index contributed by atoms with van der Waals surface area (Å²) in [6.07, 6.45) is 3.90. The summed E-state index contributed by atoms with van der Waals surface area (Å²) in [6.45, 7) is 10.4. The smallest absolute Gasteiger partial charge is 0.115 e. The lowest BCUT2D eigenvalue weighted by molar-refractivity contribution is 0.0233. The molecule has 1 unspecified atom stereocenters. The third-order valence-corrected chi connectivity index (χ3v) is 6.29. The van der Waals surface area contributed by atoms with Gasteiger partial charge in [-0.05, 0) is 66.9 Å². The lowest BCUT2D eigenvalue weighted by atomic mass is 9.95. The second kappa shape index (κ2) is 9.03. The number of thiophene rings is 1. The van der Waals surface area contributed by atoms with E-state index in [1.54, 1.807) is 17.4 Å². The van der Waals surface area contributed by atoms with E-state index >= 15 is 0 Å². The molecule has 1 fully saturated rings. The van der Waals surface area contributed by atoms with Gasteiger partial charge in [0.15, 0.2) is 0 Å². The van der Waals surface area contributed by atoms with E-state index in [9.17, 15) is 5.11 Å². The fourth-order valence-corrected chi connectivity index (χ4v) is 4.84. The molecule has 0 aliphatic carbocycles.